The van der Waals surface area contributed by atoms with Crippen LogP contribution in [0.3, 0.4) is 0 Å². The number of halogens is 3. The van der Waals surface area contributed by atoms with Gasteiger partial charge in [0.15, 0.2) is 0 Å². The van der Waals surface area contributed by atoms with Crippen molar-refractivity contribution in [3.05, 3.63) is 30.5 Å². The molecular formula is C9H6F3NS. The highest BCUT2D eigenvalue weighted by atomic mass is 32.2. The minimum absolute atomic E-state index is 0.101. The molecule has 5 heteroatoms. The van der Waals surface area contributed by atoms with Crippen molar-refractivity contribution in [2.75, 3.05) is 0 Å². The van der Waals surface area contributed by atoms with Crippen LogP contribution in [0.1, 0.15) is 0 Å². The Labute approximate surface area is 82.3 Å². The van der Waals surface area contributed by atoms with Crippen LogP contribution < -0.4 is 0 Å². The maximum atomic E-state index is 12.0. The summed E-state index contributed by atoms with van der Waals surface area (Å²) in [4.78, 5) is 3.07. The molecule has 0 saturated heterocycles. The summed E-state index contributed by atoms with van der Waals surface area (Å²) < 4.78 is 36.1. The highest BCUT2D eigenvalue weighted by Gasteiger charge is 2.29. The van der Waals surface area contributed by atoms with E-state index in [1.807, 2.05) is 6.07 Å². The molecule has 1 heterocycles. The van der Waals surface area contributed by atoms with Gasteiger partial charge in [-0.2, -0.15) is 13.2 Å². The van der Waals surface area contributed by atoms with E-state index in [0.717, 1.165) is 10.9 Å². The van der Waals surface area contributed by atoms with E-state index in [1.54, 1.807) is 12.3 Å². The molecule has 0 aliphatic rings. The molecule has 14 heavy (non-hydrogen) atoms. The molecule has 2 aromatic rings. The summed E-state index contributed by atoms with van der Waals surface area (Å²) in [5.74, 6) is 0. The number of thioether (sulfide) groups is 1. The molecule has 74 valence electrons. The van der Waals surface area contributed by atoms with Crippen molar-refractivity contribution >= 4 is 22.7 Å². The van der Waals surface area contributed by atoms with Crippen LogP contribution >= 0.6 is 11.8 Å². The Kier molecular flexibility index (Phi) is 2.19. The Morgan fingerprint density at radius 2 is 1.93 bits per heavy atom. The lowest BCUT2D eigenvalue weighted by atomic mass is 10.2. The van der Waals surface area contributed by atoms with E-state index in [0.29, 0.717) is 0 Å². The van der Waals surface area contributed by atoms with Crippen LogP contribution in [0.4, 0.5) is 13.2 Å². The molecule has 0 bridgehead atoms. The highest BCUT2D eigenvalue weighted by Crippen LogP contribution is 2.37. The molecule has 1 N–H and O–H groups in total. The third-order valence-electron chi connectivity index (χ3n) is 1.76. The lowest BCUT2D eigenvalue weighted by Gasteiger charge is -2.04. The molecule has 0 fully saturated rings. The molecule has 2 rings (SSSR count). The average Bonchev–Trinajstić information content (AvgIpc) is 2.47. The van der Waals surface area contributed by atoms with Crippen molar-refractivity contribution in [1.82, 2.24) is 4.98 Å². The van der Waals surface area contributed by atoms with E-state index in [4.69, 9.17) is 0 Å². The molecule has 1 aromatic heterocycles. The SMILES string of the molecule is FC(F)(F)Sc1ccc2cc[nH]c2c1. The van der Waals surface area contributed by atoms with Crippen LogP contribution in [0.2, 0.25) is 0 Å². The number of aromatic nitrogens is 1. The monoisotopic (exact) mass is 217 g/mol. The fourth-order valence-electron chi connectivity index (χ4n) is 1.22. The average molecular weight is 217 g/mol. The van der Waals surface area contributed by atoms with Gasteiger partial charge in [0.1, 0.15) is 0 Å². The molecule has 0 amide bonds. The summed E-state index contributed by atoms with van der Waals surface area (Å²) in [5.41, 5.74) is -3.50. The number of nitrogens with one attached hydrogen (secondary N) is 1. The van der Waals surface area contributed by atoms with Gasteiger partial charge in [0.2, 0.25) is 0 Å². The van der Waals surface area contributed by atoms with Crippen molar-refractivity contribution < 1.29 is 13.2 Å². The van der Waals surface area contributed by atoms with Gasteiger partial charge in [-0.3, -0.25) is 0 Å². The molecule has 0 aliphatic heterocycles. The van der Waals surface area contributed by atoms with Gasteiger partial charge in [0.05, 0.1) is 0 Å². The predicted octanol–water partition coefficient (Wildman–Crippen LogP) is 3.78. The van der Waals surface area contributed by atoms with Crippen molar-refractivity contribution in [2.24, 2.45) is 0 Å². The summed E-state index contributed by atoms with van der Waals surface area (Å²) in [6.45, 7) is 0. The van der Waals surface area contributed by atoms with Crippen molar-refractivity contribution in [1.29, 1.82) is 0 Å². The number of H-pyrrole nitrogens is 1. The van der Waals surface area contributed by atoms with Crippen molar-refractivity contribution in [2.45, 2.75) is 10.4 Å². The number of aromatic amines is 1. The van der Waals surface area contributed by atoms with E-state index in [2.05, 4.69) is 4.98 Å². The van der Waals surface area contributed by atoms with Crippen LogP contribution in [0, 0.1) is 0 Å². The first-order chi connectivity index (χ1) is 6.54. The van der Waals surface area contributed by atoms with Crippen molar-refractivity contribution in [3.63, 3.8) is 0 Å². The van der Waals surface area contributed by atoms with Crippen molar-refractivity contribution in [3.8, 4) is 0 Å². The fourth-order valence-corrected chi connectivity index (χ4v) is 1.80. The quantitative estimate of drug-likeness (QED) is 0.719. The van der Waals surface area contributed by atoms with Crippen LogP contribution in [0.25, 0.3) is 10.9 Å². The van der Waals surface area contributed by atoms with E-state index >= 15 is 0 Å². The molecule has 0 atom stereocenters. The third kappa shape index (κ3) is 2.04. The van der Waals surface area contributed by atoms with Gasteiger partial charge in [-0.05, 0) is 35.3 Å². The second kappa shape index (κ2) is 3.24. The Bertz CT molecular complexity index is 446. The molecule has 1 nitrogen and oxygen atoms in total. The minimum Gasteiger partial charge on any atom is -0.361 e. The first kappa shape index (κ1) is 9.45. The molecule has 1 aromatic carbocycles. The Morgan fingerprint density at radius 3 is 2.64 bits per heavy atom. The van der Waals surface area contributed by atoms with Gasteiger partial charge >= 0.3 is 5.51 Å². The molecule has 0 spiro atoms. The van der Waals surface area contributed by atoms with E-state index < -0.39 is 5.51 Å². The third-order valence-corrected chi connectivity index (χ3v) is 2.48. The van der Waals surface area contributed by atoms with Crippen LogP contribution in [-0.4, -0.2) is 10.5 Å². The molecule has 0 radical (unpaired) electrons. The summed E-state index contributed by atoms with van der Waals surface area (Å²) >= 11 is -0.101. The van der Waals surface area contributed by atoms with Gasteiger partial charge in [-0.15, -0.1) is 0 Å². The van der Waals surface area contributed by atoms with Gasteiger partial charge in [-0.1, -0.05) is 6.07 Å². The molecular weight excluding hydrogens is 211 g/mol. The Hall–Kier alpha value is -1.10. The van der Waals surface area contributed by atoms with Gasteiger partial charge in [0, 0.05) is 16.6 Å². The largest absolute Gasteiger partial charge is 0.446 e. The topological polar surface area (TPSA) is 15.8 Å². The van der Waals surface area contributed by atoms with Gasteiger partial charge in [-0.25, -0.2) is 0 Å². The first-order valence-electron chi connectivity index (χ1n) is 3.87. The smallest absolute Gasteiger partial charge is 0.361 e. The second-order valence-electron chi connectivity index (χ2n) is 2.77. The number of alkyl halides is 3. The normalized spacial score (nSPS) is 12.2. The van der Waals surface area contributed by atoms with E-state index in [9.17, 15) is 13.2 Å². The first-order valence-corrected chi connectivity index (χ1v) is 4.69. The van der Waals surface area contributed by atoms with Crippen LogP contribution in [0.15, 0.2) is 35.4 Å². The Morgan fingerprint density at radius 1 is 1.14 bits per heavy atom. The maximum Gasteiger partial charge on any atom is 0.446 e. The number of fused-ring (bicyclic) bond motifs is 1. The number of hydrogen-bond acceptors (Lipinski definition) is 1. The molecule has 0 aliphatic carbocycles. The van der Waals surface area contributed by atoms with Crippen LogP contribution in [0.5, 0.6) is 0 Å². The minimum atomic E-state index is -4.22. The second-order valence-corrected chi connectivity index (χ2v) is 3.91. The molecule has 0 unspecified atom stereocenters. The van der Waals surface area contributed by atoms with E-state index in [-0.39, 0.29) is 16.7 Å². The summed E-state index contributed by atoms with van der Waals surface area (Å²) in [6, 6.07) is 6.44. The highest BCUT2D eigenvalue weighted by molar-refractivity contribution is 8.00. The van der Waals surface area contributed by atoms with Gasteiger partial charge < -0.3 is 4.98 Å². The lowest BCUT2D eigenvalue weighted by Crippen LogP contribution is -1.98. The zero-order valence-electron chi connectivity index (χ0n) is 6.93. The van der Waals surface area contributed by atoms with Crippen LogP contribution in [-0.2, 0) is 0 Å². The summed E-state index contributed by atoms with van der Waals surface area (Å²) in [5, 5.41) is 0.913. The maximum absolute atomic E-state index is 12.0. The number of hydrogen-bond donors (Lipinski definition) is 1. The summed E-state index contributed by atoms with van der Waals surface area (Å²) in [7, 11) is 0. The van der Waals surface area contributed by atoms with Gasteiger partial charge in [0.25, 0.3) is 0 Å². The number of rotatable bonds is 1. The number of benzene rings is 1. The molecule has 0 saturated carbocycles. The fraction of sp³-hybridized carbons (Fsp3) is 0.111. The zero-order valence-corrected chi connectivity index (χ0v) is 7.75. The predicted molar refractivity (Wildman–Crippen MR) is 50.2 cm³/mol. The zero-order chi connectivity index (χ0) is 10.2. The Balaban J connectivity index is 2.35. The summed E-state index contributed by atoms with van der Waals surface area (Å²) in [6.07, 6.45) is 1.70. The standard InChI is InChI=1S/C9H6F3NS/c10-9(11,12)14-7-2-1-6-3-4-13-8(6)5-7/h1-5,13H. The van der Waals surface area contributed by atoms with E-state index in [1.165, 1.54) is 12.1 Å². The lowest BCUT2D eigenvalue weighted by molar-refractivity contribution is -0.0328.